The molecule has 7 heteroatoms. The molecular weight excluding hydrogens is 370 g/mol. The fourth-order valence-electron chi connectivity index (χ4n) is 3.23. The summed E-state index contributed by atoms with van der Waals surface area (Å²) >= 11 is 0. The van der Waals surface area contributed by atoms with Crippen LogP contribution in [0.1, 0.15) is 35.3 Å². The van der Waals surface area contributed by atoms with E-state index in [1.165, 1.54) is 11.1 Å². The molecule has 1 fully saturated rings. The van der Waals surface area contributed by atoms with Crippen LogP contribution in [0.25, 0.3) is 0 Å². The lowest BCUT2D eigenvalue weighted by atomic mass is 9.81. The van der Waals surface area contributed by atoms with E-state index in [0.717, 1.165) is 6.42 Å². The van der Waals surface area contributed by atoms with Gasteiger partial charge in [-0.3, -0.25) is 14.6 Å². The highest BCUT2D eigenvalue weighted by molar-refractivity contribution is 6.02. The number of hydrogen-bond donors (Lipinski definition) is 2. The minimum absolute atomic E-state index is 0.0134. The van der Waals surface area contributed by atoms with Gasteiger partial charge >= 0.3 is 0 Å². The molecule has 2 aliphatic rings. The first-order valence-corrected chi connectivity index (χ1v) is 9.47. The Labute approximate surface area is 168 Å². The quantitative estimate of drug-likeness (QED) is 0.757. The van der Waals surface area contributed by atoms with E-state index in [4.69, 9.17) is 4.74 Å². The van der Waals surface area contributed by atoms with Crippen molar-refractivity contribution >= 4 is 17.5 Å². The first-order chi connectivity index (χ1) is 14.0. The van der Waals surface area contributed by atoms with Crippen LogP contribution in [0, 0.1) is 11.8 Å². The molecule has 1 unspecified atom stereocenters. The largest absolute Gasteiger partial charge is 0.489 e. The van der Waals surface area contributed by atoms with Crippen LogP contribution < -0.4 is 15.0 Å². The van der Waals surface area contributed by atoms with Crippen LogP contribution in [0.5, 0.6) is 5.75 Å². The van der Waals surface area contributed by atoms with E-state index in [-0.39, 0.29) is 18.2 Å². The van der Waals surface area contributed by atoms with Gasteiger partial charge in [-0.25, -0.2) is 0 Å². The molecule has 0 bridgehead atoms. The normalized spacial score (nSPS) is 19.6. The van der Waals surface area contributed by atoms with Gasteiger partial charge in [-0.15, -0.1) is 0 Å². The van der Waals surface area contributed by atoms with Crippen molar-refractivity contribution in [2.24, 2.45) is 0 Å². The number of amides is 2. The minimum atomic E-state index is -0.897. The van der Waals surface area contributed by atoms with Crippen molar-refractivity contribution in [1.29, 1.82) is 0 Å². The van der Waals surface area contributed by atoms with Gasteiger partial charge in [0.2, 0.25) is 0 Å². The lowest BCUT2D eigenvalue weighted by Crippen LogP contribution is -2.49. The third-order valence-corrected chi connectivity index (χ3v) is 5.18. The summed E-state index contributed by atoms with van der Waals surface area (Å²) < 4.78 is 5.78. The van der Waals surface area contributed by atoms with Crippen molar-refractivity contribution in [2.75, 3.05) is 18.6 Å². The highest BCUT2D eigenvalue weighted by atomic mass is 16.5. The topological polar surface area (TPSA) is 91.8 Å². The number of fused-ring (bicyclic) bond motifs is 1. The van der Waals surface area contributed by atoms with Crippen LogP contribution in [0.4, 0.5) is 5.69 Å². The number of likely N-dealkylation sites (N-methyl/N-ethyl adjacent to an activating group) is 1. The number of nitrogens with zero attached hydrogens (tertiary/aromatic N) is 2. The maximum absolute atomic E-state index is 12.9. The molecule has 0 spiro atoms. The molecule has 1 saturated carbocycles. The molecule has 29 heavy (non-hydrogen) atoms. The SMILES string of the molecule is CN1C(=O)C(NC(=O)c2ccccn2)COc2ccc(C#CC3(O)CCC3)cc21. The van der Waals surface area contributed by atoms with Gasteiger partial charge in [0.25, 0.3) is 11.8 Å². The Bertz CT molecular complexity index is 1010. The number of hydrogen-bond acceptors (Lipinski definition) is 5. The predicted octanol–water partition coefficient (Wildman–Crippen LogP) is 1.50. The summed E-state index contributed by atoms with van der Waals surface area (Å²) in [6.45, 7) is 0.0134. The van der Waals surface area contributed by atoms with Crippen molar-refractivity contribution in [2.45, 2.75) is 30.9 Å². The van der Waals surface area contributed by atoms with Gasteiger partial charge in [0, 0.05) is 18.8 Å². The molecule has 148 valence electrons. The highest BCUT2D eigenvalue weighted by Gasteiger charge is 2.33. The van der Waals surface area contributed by atoms with Crippen LogP contribution in [0.15, 0.2) is 42.6 Å². The number of aromatic nitrogens is 1. The van der Waals surface area contributed by atoms with Crippen molar-refractivity contribution in [3.8, 4) is 17.6 Å². The van der Waals surface area contributed by atoms with Gasteiger partial charge in [-0.2, -0.15) is 0 Å². The average Bonchev–Trinajstić information content (AvgIpc) is 2.83. The third kappa shape index (κ3) is 3.93. The number of aliphatic hydroxyl groups is 1. The van der Waals surface area contributed by atoms with Crippen molar-refractivity contribution < 1.29 is 19.4 Å². The lowest BCUT2D eigenvalue weighted by molar-refractivity contribution is -0.120. The second-order valence-corrected chi connectivity index (χ2v) is 7.27. The van der Waals surface area contributed by atoms with Crippen LogP contribution in [-0.4, -0.2) is 47.2 Å². The molecular formula is C22H21N3O4. The summed E-state index contributed by atoms with van der Waals surface area (Å²) in [6.07, 6.45) is 3.87. The molecule has 7 nitrogen and oxygen atoms in total. The third-order valence-electron chi connectivity index (χ3n) is 5.18. The van der Waals surface area contributed by atoms with Gasteiger partial charge in [0.15, 0.2) is 0 Å². The number of pyridine rings is 1. The number of nitrogens with one attached hydrogen (secondary N) is 1. The molecule has 0 radical (unpaired) electrons. The Morgan fingerprint density at radius 1 is 1.34 bits per heavy atom. The number of carbonyl (C=O) groups is 2. The van der Waals surface area contributed by atoms with Gasteiger partial charge in [-0.05, 0) is 49.6 Å². The molecule has 1 aliphatic heterocycles. The first kappa shape index (κ1) is 19.0. The van der Waals surface area contributed by atoms with E-state index < -0.39 is 17.6 Å². The standard InChI is InChI=1S/C22H21N3O4/c1-25-18-13-15(8-11-22(28)9-4-10-22)6-7-19(18)29-14-17(21(25)27)24-20(26)16-5-2-3-12-23-16/h2-3,5-7,12-13,17,28H,4,9-10,14H2,1H3,(H,24,26). The van der Waals surface area contributed by atoms with E-state index in [0.29, 0.717) is 29.8 Å². The Morgan fingerprint density at radius 2 is 2.17 bits per heavy atom. The number of rotatable bonds is 2. The van der Waals surface area contributed by atoms with E-state index in [1.54, 1.807) is 43.4 Å². The summed E-state index contributed by atoms with van der Waals surface area (Å²) in [5, 5.41) is 12.8. The summed E-state index contributed by atoms with van der Waals surface area (Å²) in [6, 6.07) is 9.45. The summed E-state index contributed by atoms with van der Waals surface area (Å²) in [7, 11) is 1.63. The highest BCUT2D eigenvalue weighted by Crippen LogP contribution is 2.33. The first-order valence-electron chi connectivity index (χ1n) is 9.47. The molecule has 1 aliphatic carbocycles. The summed E-state index contributed by atoms with van der Waals surface area (Å²) in [4.78, 5) is 30.7. The average molecular weight is 391 g/mol. The van der Waals surface area contributed by atoms with Crippen molar-refractivity contribution in [1.82, 2.24) is 10.3 Å². The van der Waals surface area contributed by atoms with Crippen LogP contribution in [0.2, 0.25) is 0 Å². The second kappa shape index (κ2) is 7.57. The van der Waals surface area contributed by atoms with Gasteiger partial charge in [-0.1, -0.05) is 17.9 Å². The van der Waals surface area contributed by atoms with Gasteiger partial charge in [0.1, 0.15) is 29.7 Å². The number of carbonyl (C=O) groups excluding carboxylic acids is 2. The fourth-order valence-corrected chi connectivity index (χ4v) is 3.23. The summed E-state index contributed by atoms with van der Waals surface area (Å²) in [5.41, 5.74) is 0.586. The molecule has 1 aromatic carbocycles. The van der Waals surface area contributed by atoms with E-state index in [9.17, 15) is 14.7 Å². The smallest absolute Gasteiger partial charge is 0.270 e. The van der Waals surface area contributed by atoms with Crippen molar-refractivity contribution in [3.63, 3.8) is 0 Å². The molecule has 0 saturated heterocycles. The Balaban J connectivity index is 1.53. The zero-order valence-corrected chi connectivity index (χ0v) is 16.0. The number of ether oxygens (including phenoxy) is 1. The van der Waals surface area contributed by atoms with Crippen molar-refractivity contribution in [3.05, 3.63) is 53.9 Å². The van der Waals surface area contributed by atoms with Crippen LogP contribution in [0.3, 0.4) is 0 Å². The number of benzene rings is 1. The number of anilines is 1. The molecule has 2 heterocycles. The maximum atomic E-state index is 12.9. The monoisotopic (exact) mass is 391 g/mol. The van der Waals surface area contributed by atoms with Crippen LogP contribution in [-0.2, 0) is 4.79 Å². The predicted molar refractivity (Wildman–Crippen MR) is 107 cm³/mol. The van der Waals surface area contributed by atoms with Gasteiger partial charge < -0.3 is 20.1 Å². The minimum Gasteiger partial charge on any atom is -0.489 e. The molecule has 2 amide bonds. The van der Waals surface area contributed by atoms with Gasteiger partial charge in [0.05, 0.1) is 5.69 Å². The van der Waals surface area contributed by atoms with E-state index in [1.807, 2.05) is 0 Å². The Morgan fingerprint density at radius 3 is 2.86 bits per heavy atom. The zero-order valence-electron chi connectivity index (χ0n) is 16.0. The molecule has 2 N–H and O–H groups in total. The molecule has 2 aromatic rings. The zero-order chi connectivity index (χ0) is 20.4. The Hall–Kier alpha value is -3.37. The maximum Gasteiger partial charge on any atom is 0.270 e. The molecule has 1 aromatic heterocycles. The summed E-state index contributed by atoms with van der Waals surface area (Å²) in [5.74, 6) is 5.69. The van der Waals surface area contributed by atoms with Crippen LogP contribution >= 0.6 is 0 Å². The Kier molecular flexibility index (Phi) is 4.95. The molecule has 1 atom stereocenters. The lowest BCUT2D eigenvalue weighted by Gasteiger charge is -2.30. The van der Waals surface area contributed by atoms with E-state index >= 15 is 0 Å². The fraction of sp³-hybridized carbons (Fsp3) is 0.318. The molecule has 4 rings (SSSR count). The van der Waals surface area contributed by atoms with E-state index in [2.05, 4.69) is 22.1 Å². The second-order valence-electron chi connectivity index (χ2n) is 7.27.